The highest BCUT2D eigenvalue weighted by Crippen LogP contribution is 2.22. The van der Waals surface area contributed by atoms with Crippen LogP contribution in [0.25, 0.3) is 11.7 Å². The predicted molar refractivity (Wildman–Crippen MR) is 110 cm³/mol. The number of aromatic nitrogens is 6. The summed E-state index contributed by atoms with van der Waals surface area (Å²) in [6.45, 7) is 2.03. The number of imidazole rings is 1. The lowest BCUT2D eigenvalue weighted by molar-refractivity contribution is 0.454. The number of aromatic hydroxyl groups is 1. The Morgan fingerprint density at radius 2 is 2.07 bits per heavy atom. The molecule has 0 bridgehead atoms. The van der Waals surface area contributed by atoms with Gasteiger partial charge in [-0.15, -0.1) is 0 Å². The van der Waals surface area contributed by atoms with Crippen LogP contribution in [0.3, 0.4) is 0 Å². The highest BCUT2D eigenvalue weighted by molar-refractivity contribution is 5.57. The van der Waals surface area contributed by atoms with Gasteiger partial charge in [-0.1, -0.05) is 30.3 Å². The average Bonchev–Trinajstić information content (AvgIpc) is 3.37. The Kier molecular flexibility index (Phi) is 4.31. The van der Waals surface area contributed by atoms with E-state index >= 15 is 0 Å². The fourth-order valence-corrected chi connectivity index (χ4v) is 3.16. The molecule has 152 valence electrons. The van der Waals surface area contributed by atoms with E-state index in [1.54, 1.807) is 16.8 Å². The normalized spacial score (nSPS) is 16.3. The molecular weight excluding hydrogens is 384 g/mol. The summed E-state index contributed by atoms with van der Waals surface area (Å²) in [7, 11) is 0. The minimum Gasteiger partial charge on any atom is -0.493 e. The Morgan fingerprint density at radius 3 is 2.77 bits per heavy atom. The lowest BCUT2D eigenvalue weighted by atomic mass is 10.1. The summed E-state index contributed by atoms with van der Waals surface area (Å²) in [6.07, 6.45) is 5.28. The molecular formula is C20H20N8O2. The molecule has 0 aliphatic heterocycles. The van der Waals surface area contributed by atoms with Crippen LogP contribution in [0, 0.1) is 0 Å². The Labute approximate surface area is 170 Å². The third kappa shape index (κ3) is 3.54. The van der Waals surface area contributed by atoms with E-state index in [0.29, 0.717) is 22.4 Å². The number of anilines is 1. The van der Waals surface area contributed by atoms with Crippen molar-refractivity contribution in [3.8, 4) is 5.88 Å². The second-order valence-electron chi connectivity index (χ2n) is 7.31. The number of hydrogen-bond donors (Lipinski definition) is 4. The Balaban J connectivity index is 1.63. The van der Waals surface area contributed by atoms with E-state index in [1.807, 2.05) is 37.3 Å². The first-order valence-corrected chi connectivity index (χ1v) is 9.71. The predicted octanol–water partition coefficient (Wildman–Crippen LogP) is 0.630. The average molecular weight is 404 g/mol. The van der Waals surface area contributed by atoms with Gasteiger partial charge < -0.3 is 15.4 Å². The lowest BCUT2D eigenvalue weighted by Crippen LogP contribution is -2.25. The van der Waals surface area contributed by atoms with Crippen LogP contribution in [0.15, 0.2) is 46.3 Å². The summed E-state index contributed by atoms with van der Waals surface area (Å²) >= 11 is 0. The molecule has 0 radical (unpaired) electrons. The van der Waals surface area contributed by atoms with E-state index in [9.17, 15) is 9.90 Å². The fourth-order valence-electron chi connectivity index (χ4n) is 3.16. The van der Waals surface area contributed by atoms with Crippen molar-refractivity contribution in [2.45, 2.75) is 31.8 Å². The standard InChI is InChI=1S/C20H20N8O2/c1-11(12-5-3-2-4-6-12)22-18-25-16-13(9-15-17(29)26-20(30)24-15)10-21-28(16)19(27-18)23-14-7-8-14/h2-6,9-11,14,29H,7-8H2,1H3,(H,22,23,27)(H2,24,26,30)/b13-9+/t11-/m1/s1. The number of aromatic amines is 2. The molecule has 4 aromatic rings. The summed E-state index contributed by atoms with van der Waals surface area (Å²) in [5.74, 6) is 0.188. The first-order chi connectivity index (χ1) is 14.6. The zero-order chi connectivity index (χ0) is 20.7. The van der Waals surface area contributed by atoms with Gasteiger partial charge in [0.1, 0.15) is 5.69 Å². The molecule has 10 heteroatoms. The minimum absolute atomic E-state index is 0.0113. The van der Waals surface area contributed by atoms with Crippen LogP contribution in [0.1, 0.15) is 37.1 Å². The monoisotopic (exact) mass is 404 g/mol. The van der Waals surface area contributed by atoms with Crippen LogP contribution in [0.4, 0.5) is 5.95 Å². The van der Waals surface area contributed by atoms with Crippen molar-refractivity contribution in [3.63, 3.8) is 0 Å². The minimum atomic E-state index is -0.492. The molecule has 3 aromatic heterocycles. The number of nitrogens with one attached hydrogen (secondary N) is 3. The molecule has 0 amide bonds. The van der Waals surface area contributed by atoms with E-state index in [-0.39, 0.29) is 23.7 Å². The molecule has 1 aliphatic carbocycles. The van der Waals surface area contributed by atoms with Gasteiger partial charge in [0, 0.05) is 5.22 Å². The molecule has 1 atom stereocenters. The maximum absolute atomic E-state index is 11.4. The van der Waals surface area contributed by atoms with Gasteiger partial charge in [-0.2, -0.15) is 19.6 Å². The molecule has 1 aromatic carbocycles. The second-order valence-corrected chi connectivity index (χ2v) is 7.31. The molecule has 4 N–H and O–H groups in total. The van der Waals surface area contributed by atoms with E-state index < -0.39 is 5.69 Å². The summed E-state index contributed by atoms with van der Waals surface area (Å²) in [5, 5.41) is 18.2. The highest BCUT2D eigenvalue weighted by atomic mass is 16.3. The van der Waals surface area contributed by atoms with Crippen LogP contribution >= 0.6 is 0 Å². The van der Waals surface area contributed by atoms with Crippen LogP contribution in [-0.2, 0) is 0 Å². The second kappa shape index (κ2) is 7.14. The molecule has 0 spiro atoms. The summed E-state index contributed by atoms with van der Waals surface area (Å²) in [5.41, 5.74) is 1.86. The third-order valence-corrected chi connectivity index (χ3v) is 4.90. The van der Waals surface area contributed by atoms with Crippen molar-refractivity contribution in [1.82, 2.24) is 29.5 Å². The zero-order valence-electron chi connectivity index (χ0n) is 16.2. The summed E-state index contributed by atoms with van der Waals surface area (Å²) in [6, 6.07) is 10.3. The van der Waals surface area contributed by atoms with Gasteiger partial charge in [-0.05, 0) is 31.4 Å². The Morgan fingerprint density at radius 1 is 1.27 bits per heavy atom. The molecule has 1 aliphatic rings. The summed E-state index contributed by atoms with van der Waals surface area (Å²) < 4.78 is 1.57. The number of fused-ring (bicyclic) bond motifs is 1. The number of H-pyrrole nitrogens is 2. The van der Waals surface area contributed by atoms with Crippen LogP contribution < -0.4 is 21.8 Å². The quantitative estimate of drug-likeness (QED) is 0.385. The van der Waals surface area contributed by atoms with Gasteiger partial charge in [0.25, 0.3) is 5.62 Å². The van der Waals surface area contributed by atoms with E-state index in [0.717, 1.165) is 18.4 Å². The van der Waals surface area contributed by atoms with E-state index in [4.69, 9.17) is 0 Å². The number of benzene rings is 1. The van der Waals surface area contributed by atoms with Crippen molar-refractivity contribution in [2.75, 3.05) is 5.32 Å². The lowest BCUT2D eigenvalue weighted by Gasteiger charge is -2.14. The van der Waals surface area contributed by atoms with Gasteiger partial charge in [0.15, 0.2) is 5.65 Å². The first kappa shape index (κ1) is 18.1. The van der Waals surface area contributed by atoms with Gasteiger partial charge >= 0.3 is 5.69 Å². The van der Waals surface area contributed by atoms with Gasteiger partial charge in [-0.3, -0.25) is 4.98 Å². The molecule has 1 saturated carbocycles. The van der Waals surface area contributed by atoms with Crippen LogP contribution in [-0.4, -0.2) is 40.7 Å². The molecule has 3 heterocycles. The Bertz CT molecular complexity index is 1380. The topological polar surface area (TPSA) is 136 Å². The molecule has 30 heavy (non-hydrogen) atoms. The van der Waals surface area contributed by atoms with E-state index in [2.05, 4.69) is 35.3 Å². The maximum Gasteiger partial charge on any atom is 0.326 e. The van der Waals surface area contributed by atoms with Gasteiger partial charge in [0.2, 0.25) is 11.8 Å². The van der Waals surface area contributed by atoms with Crippen molar-refractivity contribution in [2.24, 2.45) is 4.99 Å². The van der Waals surface area contributed by atoms with Crippen molar-refractivity contribution in [3.05, 3.63) is 69.1 Å². The maximum atomic E-state index is 11.4. The van der Waals surface area contributed by atoms with Crippen LogP contribution in [0.2, 0.25) is 0 Å². The van der Waals surface area contributed by atoms with Crippen molar-refractivity contribution < 1.29 is 5.11 Å². The zero-order valence-corrected chi connectivity index (χ0v) is 16.2. The largest absolute Gasteiger partial charge is 0.493 e. The molecule has 5 rings (SSSR count). The van der Waals surface area contributed by atoms with Gasteiger partial charge in [-0.25, -0.2) is 9.79 Å². The first-order valence-electron chi connectivity index (χ1n) is 9.71. The Hall–Kier alpha value is -3.95. The van der Waals surface area contributed by atoms with Gasteiger partial charge in [0.05, 0.1) is 18.3 Å². The van der Waals surface area contributed by atoms with Crippen molar-refractivity contribution in [1.29, 1.82) is 0 Å². The number of rotatable bonds is 5. The third-order valence-electron chi connectivity index (χ3n) is 4.90. The molecule has 10 nitrogen and oxygen atoms in total. The summed E-state index contributed by atoms with van der Waals surface area (Å²) in [4.78, 5) is 30.1. The molecule has 1 fully saturated rings. The van der Waals surface area contributed by atoms with Crippen molar-refractivity contribution >= 4 is 17.7 Å². The molecule has 0 saturated heterocycles. The number of nitrogens with zero attached hydrogens (tertiary/aromatic N) is 5. The van der Waals surface area contributed by atoms with Crippen LogP contribution in [0.5, 0.6) is 5.88 Å². The fraction of sp³-hybridized carbons (Fsp3) is 0.250. The van der Waals surface area contributed by atoms with E-state index in [1.165, 1.54) is 0 Å². The molecule has 0 unspecified atom stereocenters. The SMILES string of the molecule is C[C@@H](Nc1nc(=NC2CC2)n2nc/c(=C\c3[nH]c(=O)[nH]c3O)c2n1)c1ccccc1. The number of hydrogen-bond acceptors (Lipinski definition) is 7. The highest BCUT2D eigenvalue weighted by Gasteiger charge is 2.21. The smallest absolute Gasteiger partial charge is 0.326 e.